The van der Waals surface area contributed by atoms with E-state index < -0.39 is 0 Å². The number of nitrogens with zero attached hydrogens (tertiary/aromatic N) is 2. The van der Waals surface area contributed by atoms with Crippen molar-refractivity contribution in [1.29, 1.82) is 0 Å². The largest absolute Gasteiger partial charge is 0.240 e. The van der Waals surface area contributed by atoms with Crippen LogP contribution in [0.5, 0.6) is 0 Å². The number of rotatable bonds is 3. The van der Waals surface area contributed by atoms with Crippen molar-refractivity contribution in [1.82, 2.24) is 9.97 Å². The predicted molar refractivity (Wildman–Crippen MR) is 68.6 cm³/mol. The molecule has 0 amide bonds. The first-order valence-electron chi connectivity index (χ1n) is 4.95. The summed E-state index contributed by atoms with van der Waals surface area (Å²) in [5, 5.41) is 0. The lowest BCUT2D eigenvalue weighted by atomic mass is 10.1. The molecule has 0 aliphatic carbocycles. The summed E-state index contributed by atoms with van der Waals surface area (Å²) in [5.74, 6) is 0.594. The van der Waals surface area contributed by atoms with Gasteiger partial charge in [0.05, 0.1) is 0 Å². The van der Waals surface area contributed by atoms with Crippen LogP contribution in [0.3, 0.4) is 0 Å². The van der Waals surface area contributed by atoms with Crippen LogP contribution in [0.25, 0.3) is 0 Å². The van der Waals surface area contributed by atoms with Crippen molar-refractivity contribution in [3.05, 3.63) is 57.4 Å². The molecule has 0 bridgehead atoms. The highest BCUT2D eigenvalue weighted by Crippen LogP contribution is 2.09. The number of aromatic nitrogens is 2. The molecule has 0 fully saturated rings. The molecule has 2 aromatic rings. The van der Waals surface area contributed by atoms with Gasteiger partial charge in [-0.2, -0.15) is 0 Å². The van der Waals surface area contributed by atoms with Crippen molar-refractivity contribution >= 4 is 22.6 Å². The zero-order valence-corrected chi connectivity index (χ0v) is 10.7. The lowest BCUT2D eigenvalue weighted by molar-refractivity contribution is 0.607. The molecule has 1 aromatic heterocycles. The Balaban J connectivity index is 2.02. The van der Waals surface area contributed by atoms with Crippen LogP contribution in [0.4, 0.5) is 4.39 Å². The van der Waals surface area contributed by atoms with Crippen molar-refractivity contribution in [3.8, 4) is 0 Å². The van der Waals surface area contributed by atoms with E-state index in [0.29, 0.717) is 18.4 Å². The van der Waals surface area contributed by atoms with Crippen molar-refractivity contribution in [2.45, 2.75) is 12.8 Å². The summed E-state index contributed by atoms with van der Waals surface area (Å²) >= 11 is 2.16. The molecule has 0 radical (unpaired) electrons. The molecule has 2 nitrogen and oxygen atoms in total. The molecule has 0 aliphatic rings. The molecule has 1 aromatic carbocycles. The average molecular weight is 328 g/mol. The molecule has 0 atom stereocenters. The third-order valence-corrected chi connectivity index (χ3v) is 2.81. The van der Waals surface area contributed by atoms with Gasteiger partial charge in [0, 0.05) is 22.4 Å². The van der Waals surface area contributed by atoms with E-state index in [4.69, 9.17) is 0 Å². The Hall–Kier alpha value is -1.04. The smallest absolute Gasteiger partial charge is 0.128 e. The zero-order valence-electron chi connectivity index (χ0n) is 8.53. The van der Waals surface area contributed by atoms with Gasteiger partial charge in [-0.1, -0.05) is 18.2 Å². The van der Waals surface area contributed by atoms with Gasteiger partial charge in [-0.05, 0) is 40.6 Å². The molecule has 0 unspecified atom stereocenters. The number of aryl methyl sites for hydroxylation is 2. The number of hydrogen-bond donors (Lipinski definition) is 0. The predicted octanol–water partition coefficient (Wildman–Crippen LogP) is 3.01. The summed E-state index contributed by atoms with van der Waals surface area (Å²) in [4.78, 5) is 8.36. The fraction of sp³-hybridized carbons (Fsp3) is 0.167. The van der Waals surface area contributed by atoms with Crippen molar-refractivity contribution < 1.29 is 4.39 Å². The molecule has 0 N–H and O–H groups in total. The van der Waals surface area contributed by atoms with Crippen molar-refractivity contribution in [2.75, 3.05) is 0 Å². The first-order chi connectivity index (χ1) is 7.75. The third kappa shape index (κ3) is 2.98. The summed E-state index contributed by atoms with van der Waals surface area (Å²) in [6.07, 6.45) is 4.83. The maximum atomic E-state index is 13.3. The monoisotopic (exact) mass is 328 g/mol. The second kappa shape index (κ2) is 5.34. The van der Waals surface area contributed by atoms with Gasteiger partial charge in [0.1, 0.15) is 11.6 Å². The standard InChI is InChI=1S/C12H10FIN2/c13-11-4-2-1-3-9(11)5-6-12-15-7-10(14)8-16-12/h1-4,7-8H,5-6H2. The van der Waals surface area contributed by atoms with Crippen LogP contribution < -0.4 is 0 Å². The topological polar surface area (TPSA) is 25.8 Å². The third-order valence-electron chi connectivity index (χ3n) is 2.25. The first kappa shape index (κ1) is 11.4. The molecule has 82 valence electrons. The average Bonchev–Trinajstić information content (AvgIpc) is 2.30. The van der Waals surface area contributed by atoms with E-state index >= 15 is 0 Å². The molecular formula is C12H10FIN2. The highest BCUT2D eigenvalue weighted by Gasteiger charge is 2.02. The van der Waals surface area contributed by atoms with E-state index in [9.17, 15) is 4.39 Å². The maximum absolute atomic E-state index is 13.3. The summed E-state index contributed by atoms with van der Waals surface area (Å²) < 4.78 is 14.3. The summed E-state index contributed by atoms with van der Waals surface area (Å²) in [7, 11) is 0. The molecule has 0 aliphatic heterocycles. The Kier molecular flexibility index (Phi) is 3.82. The zero-order chi connectivity index (χ0) is 11.4. The van der Waals surface area contributed by atoms with Gasteiger partial charge in [-0.15, -0.1) is 0 Å². The van der Waals surface area contributed by atoms with E-state index in [0.717, 1.165) is 9.39 Å². The highest BCUT2D eigenvalue weighted by atomic mass is 127. The lowest BCUT2D eigenvalue weighted by Gasteiger charge is -2.02. The fourth-order valence-corrected chi connectivity index (χ4v) is 1.69. The minimum absolute atomic E-state index is 0.159. The Morgan fingerprint density at radius 1 is 1.06 bits per heavy atom. The van der Waals surface area contributed by atoms with Gasteiger partial charge in [-0.25, -0.2) is 14.4 Å². The van der Waals surface area contributed by atoms with Crippen LogP contribution in [-0.2, 0) is 12.8 Å². The Bertz CT molecular complexity index is 471. The Morgan fingerprint density at radius 2 is 1.75 bits per heavy atom. The second-order valence-corrected chi connectivity index (χ2v) is 4.65. The normalized spacial score (nSPS) is 10.4. The molecule has 4 heteroatoms. The minimum Gasteiger partial charge on any atom is -0.240 e. The minimum atomic E-state index is -0.159. The summed E-state index contributed by atoms with van der Waals surface area (Å²) in [5.41, 5.74) is 0.713. The van der Waals surface area contributed by atoms with Crippen molar-refractivity contribution in [2.24, 2.45) is 0 Å². The number of hydrogen-bond acceptors (Lipinski definition) is 2. The van der Waals surface area contributed by atoms with Crippen LogP contribution in [-0.4, -0.2) is 9.97 Å². The van der Waals surface area contributed by atoms with Gasteiger partial charge in [0.15, 0.2) is 0 Å². The molecule has 2 rings (SSSR count). The van der Waals surface area contributed by atoms with Gasteiger partial charge in [-0.3, -0.25) is 0 Å². The Labute approximate surface area is 107 Å². The van der Waals surface area contributed by atoms with Gasteiger partial charge < -0.3 is 0 Å². The quantitative estimate of drug-likeness (QED) is 0.810. The van der Waals surface area contributed by atoms with Gasteiger partial charge >= 0.3 is 0 Å². The van der Waals surface area contributed by atoms with Gasteiger partial charge in [0.2, 0.25) is 0 Å². The van der Waals surface area contributed by atoms with E-state index in [1.807, 2.05) is 6.07 Å². The second-order valence-electron chi connectivity index (χ2n) is 3.41. The summed E-state index contributed by atoms with van der Waals surface area (Å²) in [6, 6.07) is 6.81. The molecule has 16 heavy (non-hydrogen) atoms. The van der Waals surface area contributed by atoms with Gasteiger partial charge in [0.25, 0.3) is 0 Å². The van der Waals surface area contributed by atoms with Crippen molar-refractivity contribution in [3.63, 3.8) is 0 Å². The molecule has 0 saturated heterocycles. The molecular weight excluding hydrogens is 318 g/mol. The molecule has 0 spiro atoms. The maximum Gasteiger partial charge on any atom is 0.128 e. The molecule has 0 saturated carbocycles. The van der Waals surface area contributed by atoms with Crippen LogP contribution >= 0.6 is 22.6 Å². The first-order valence-corrected chi connectivity index (χ1v) is 6.03. The van der Waals surface area contributed by atoms with E-state index in [1.165, 1.54) is 6.07 Å². The number of benzene rings is 1. The highest BCUT2D eigenvalue weighted by molar-refractivity contribution is 14.1. The molecule has 1 heterocycles. The van der Waals surface area contributed by atoms with E-state index in [2.05, 4.69) is 32.6 Å². The van der Waals surface area contributed by atoms with Crippen LogP contribution in [0.2, 0.25) is 0 Å². The number of halogens is 2. The van der Waals surface area contributed by atoms with Crippen LogP contribution in [0.1, 0.15) is 11.4 Å². The van der Waals surface area contributed by atoms with E-state index in [-0.39, 0.29) is 5.82 Å². The lowest BCUT2D eigenvalue weighted by Crippen LogP contribution is -1.99. The SMILES string of the molecule is Fc1ccccc1CCc1ncc(I)cn1. The fourth-order valence-electron chi connectivity index (χ4n) is 1.42. The summed E-state index contributed by atoms with van der Waals surface area (Å²) in [6.45, 7) is 0. The van der Waals surface area contributed by atoms with E-state index in [1.54, 1.807) is 24.5 Å². The Morgan fingerprint density at radius 3 is 2.44 bits per heavy atom. The van der Waals surface area contributed by atoms with Crippen LogP contribution in [0.15, 0.2) is 36.7 Å². The van der Waals surface area contributed by atoms with Crippen LogP contribution in [0, 0.1) is 9.39 Å².